The minimum Gasteiger partial charge on any atom is -0.494 e. The molecule has 1 amide bonds. The predicted molar refractivity (Wildman–Crippen MR) is 109 cm³/mol. The van der Waals surface area contributed by atoms with E-state index in [-0.39, 0.29) is 5.91 Å². The molecule has 1 N–H and O–H groups in total. The number of carbonyl (C=O) groups excluding carboxylic acids is 1. The highest BCUT2D eigenvalue weighted by Crippen LogP contribution is 2.15. The summed E-state index contributed by atoms with van der Waals surface area (Å²) in [5, 5.41) is 3.92. The molecule has 0 radical (unpaired) electrons. The Hall–Kier alpha value is -3.14. The quantitative estimate of drug-likeness (QED) is 0.436. The molecule has 27 heavy (non-hydrogen) atoms. The number of nitrogens with zero attached hydrogens (tertiary/aromatic N) is 1. The number of amides is 1. The summed E-state index contributed by atoms with van der Waals surface area (Å²) in [6, 6.07) is 17.2. The zero-order chi connectivity index (χ0) is 18.9. The highest BCUT2D eigenvalue weighted by Gasteiger charge is 2.07. The van der Waals surface area contributed by atoms with Gasteiger partial charge < -0.3 is 10.1 Å². The molecule has 0 bridgehead atoms. The molecule has 0 aliphatic rings. The normalized spacial score (nSPS) is 10.5. The summed E-state index contributed by atoms with van der Waals surface area (Å²) in [6.45, 7) is 4.87. The van der Waals surface area contributed by atoms with E-state index in [2.05, 4.69) is 16.9 Å². The van der Waals surface area contributed by atoms with Crippen LogP contribution in [0.3, 0.4) is 0 Å². The molecule has 0 saturated heterocycles. The van der Waals surface area contributed by atoms with Crippen molar-refractivity contribution in [2.45, 2.75) is 25.8 Å². The molecule has 2 aromatic carbocycles. The van der Waals surface area contributed by atoms with Crippen molar-refractivity contribution in [2.24, 2.45) is 0 Å². The molecule has 4 nitrogen and oxygen atoms in total. The van der Waals surface area contributed by atoms with Crippen LogP contribution < -0.4 is 10.1 Å². The second-order valence-electron chi connectivity index (χ2n) is 6.37. The van der Waals surface area contributed by atoms with Crippen molar-refractivity contribution >= 4 is 16.8 Å². The molecule has 0 atom stereocenters. The third-order valence-corrected chi connectivity index (χ3v) is 4.29. The Morgan fingerprint density at radius 3 is 2.93 bits per heavy atom. The molecular weight excluding hydrogens is 336 g/mol. The average molecular weight is 360 g/mol. The molecule has 4 heteroatoms. The van der Waals surface area contributed by atoms with Crippen LogP contribution in [-0.2, 0) is 6.54 Å². The highest BCUT2D eigenvalue weighted by molar-refractivity contribution is 5.97. The number of fused-ring (bicyclic) bond motifs is 1. The van der Waals surface area contributed by atoms with Gasteiger partial charge in [0.05, 0.1) is 12.1 Å². The first-order chi connectivity index (χ1) is 13.3. The Morgan fingerprint density at radius 1 is 1.11 bits per heavy atom. The van der Waals surface area contributed by atoms with Gasteiger partial charge in [0.15, 0.2) is 0 Å². The minimum atomic E-state index is -0.100. The summed E-state index contributed by atoms with van der Waals surface area (Å²) in [6.07, 6.45) is 6.77. The van der Waals surface area contributed by atoms with Crippen molar-refractivity contribution in [3.8, 4) is 5.75 Å². The number of aromatic nitrogens is 1. The van der Waals surface area contributed by atoms with E-state index >= 15 is 0 Å². The molecule has 0 unspecified atom stereocenters. The summed E-state index contributed by atoms with van der Waals surface area (Å²) >= 11 is 0. The van der Waals surface area contributed by atoms with Gasteiger partial charge in [-0.3, -0.25) is 9.78 Å². The van der Waals surface area contributed by atoms with E-state index in [0.29, 0.717) is 18.7 Å². The second-order valence-corrected chi connectivity index (χ2v) is 6.37. The Morgan fingerprint density at radius 2 is 2.04 bits per heavy atom. The van der Waals surface area contributed by atoms with Gasteiger partial charge in [-0.25, -0.2) is 0 Å². The number of pyridine rings is 1. The first-order valence-corrected chi connectivity index (χ1v) is 9.22. The van der Waals surface area contributed by atoms with Crippen LogP contribution >= 0.6 is 0 Å². The van der Waals surface area contributed by atoms with E-state index in [9.17, 15) is 4.79 Å². The number of hydrogen-bond donors (Lipinski definition) is 1. The smallest absolute Gasteiger partial charge is 0.251 e. The number of unbranched alkanes of at least 4 members (excludes halogenated alkanes) is 2. The van der Waals surface area contributed by atoms with E-state index in [4.69, 9.17) is 4.74 Å². The van der Waals surface area contributed by atoms with Gasteiger partial charge in [0.25, 0.3) is 5.91 Å². The standard InChI is InChI=1S/C23H24N2O2/c1-2-3-4-5-14-27-21-10-6-8-18(15-21)17-25-23(26)20-11-12-22-19(16-20)9-7-13-24-22/h2,6-13,15-16H,1,3-5,14,17H2,(H,25,26). The van der Waals surface area contributed by atoms with Crippen LogP contribution in [0.15, 0.2) is 73.4 Å². The van der Waals surface area contributed by atoms with Crippen LogP contribution in [0.1, 0.15) is 35.2 Å². The van der Waals surface area contributed by atoms with Crippen molar-refractivity contribution in [3.05, 3.63) is 84.6 Å². The zero-order valence-corrected chi connectivity index (χ0v) is 15.4. The van der Waals surface area contributed by atoms with E-state index in [1.807, 2.05) is 54.6 Å². The maximum Gasteiger partial charge on any atom is 0.251 e. The molecule has 3 rings (SSSR count). The predicted octanol–water partition coefficient (Wildman–Crippen LogP) is 4.90. The minimum absolute atomic E-state index is 0.100. The second kappa shape index (κ2) is 9.53. The Balaban J connectivity index is 1.54. The summed E-state index contributed by atoms with van der Waals surface area (Å²) in [5.74, 6) is 0.730. The van der Waals surface area contributed by atoms with Gasteiger partial charge in [-0.1, -0.05) is 24.3 Å². The average Bonchev–Trinajstić information content (AvgIpc) is 2.72. The Kier molecular flexibility index (Phi) is 6.58. The summed E-state index contributed by atoms with van der Waals surface area (Å²) in [5.41, 5.74) is 2.52. The Labute approximate surface area is 159 Å². The van der Waals surface area contributed by atoms with Crippen molar-refractivity contribution < 1.29 is 9.53 Å². The fraction of sp³-hybridized carbons (Fsp3) is 0.217. The molecule has 0 aliphatic heterocycles. The highest BCUT2D eigenvalue weighted by atomic mass is 16.5. The molecule has 3 aromatic rings. The number of carbonyl (C=O) groups is 1. The van der Waals surface area contributed by atoms with Crippen LogP contribution in [-0.4, -0.2) is 17.5 Å². The lowest BCUT2D eigenvalue weighted by Gasteiger charge is -2.09. The summed E-state index contributed by atoms with van der Waals surface area (Å²) < 4.78 is 5.78. The van der Waals surface area contributed by atoms with Gasteiger partial charge in [0.1, 0.15) is 5.75 Å². The SMILES string of the molecule is C=CCCCCOc1cccc(CNC(=O)c2ccc3ncccc3c2)c1. The molecule has 0 spiro atoms. The lowest BCUT2D eigenvalue weighted by atomic mass is 10.1. The van der Waals surface area contributed by atoms with Crippen molar-refractivity contribution in [1.29, 1.82) is 0 Å². The van der Waals surface area contributed by atoms with Gasteiger partial charge in [-0.15, -0.1) is 6.58 Å². The molecule has 138 valence electrons. The fourth-order valence-corrected chi connectivity index (χ4v) is 2.83. The number of allylic oxidation sites excluding steroid dienone is 1. The summed E-state index contributed by atoms with van der Waals surface area (Å²) in [7, 11) is 0. The molecular formula is C23H24N2O2. The van der Waals surface area contributed by atoms with Crippen molar-refractivity contribution in [1.82, 2.24) is 10.3 Å². The van der Waals surface area contributed by atoms with Gasteiger partial charge in [0, 0.05) is 23.7 Å². The van der Waals surface area contributed by atoms with Crippen LogP contribution in [0.2, 0.25) is 0 Å². The third kappa shape index (κ3) is 5.42. The maximum atomic E-state index is 12.4. The summed E-state index contributed by atoms with van der Waals surface area (Å²) in [4.78, 5) is 16.7. The van der Waals surface area contributed by atoms with Crippen LogP contribution in [0.25, 0.3) is 10.9 Å². The van der Waals surface area contributed by atoms with Crippen molar-refractivity contribution in [3.63, 3.8) is 0 Å². The fourth-order valence-electron chi connectivity index (χ4n) is 2.83. The number of hydrogen-bond acceptors (Lipinski definition) is 3. The molecule has 0 fully saturated rings. The van der Waals surface area contributed by atoms with E-state index < -0.39 is 0 Å². The molecule has 0 aliphatic carbocycles. The topological polar surface area (TPSA) is 51.2 Å². The number of rotatable bonds is 9. The first-order valence-electron chi connectivity index (χ1n) is 9.22. The monoisotopic (exact) mass is 360 g/mol. The first kappa shape index (κ1) is 18.6. The zero-order valence-electron chi connectivity index (χ0n) is 15.4. The van der Waals surface area contributed by atoms with Crippen LogP contribution in [0.4, 0.5) is 0 Å². The maximum absolute atomic E-state index is 12.4. The van der Waals surface area contributed by atoms with Crippen LogP contribution in [0.5, 0.6) is 5.75 Å². The number of nitrogens with one attached hydrogen (secondary N) is 1. The van der Waals surface area contributed by atoms with Crippen molar-refractivity contribution in [2.75, 3.05) is 6.61 Å². The number of ether oxygens (including phenoxy) is 1. The van der Waals surface area contributed by atoms with E-state index in [1.165, 1.54) is 0 Å². The lowest BCUT2D eigenvalue weighted by Crippen LogP contribution is -2.22. The largest absolute Gasteiger partial charge is 0.494 e. The van der Waals surface area contributed by atoms with Crippen LogP contribution in [0, 0.1) is 0 Å². The lowest BCUT2D eigenvalue weighted by molar-refractivity contribution is 0.0951. The molecule has 0 saturated carbocycles. The third-order valence-electron chi connectivity index (χ3n) is 4.29. The van der Waals surface area contributed by atoms with Gasteiger partial charge in [-0.05, 0) is 61.2 Å². The number of benzene rings is 2. The van der Waals surface area contributed by atoms with Gasteiger partial charge >= 0.3 is 0 Å². The molecule has 1 heterocycles. The van der Waals surface area contributed by atoms with Gasteiger partial charge in [-0.2, -0.15) is 0 Å². The Bertz CT molecular complexity index is 921. The van der Waals surface area contributed by atoms with Gasteiger partial charge in [0.2, 0.25) is 0 Å². The van der Waals surface area contributed by atoms with E-state index in [1.54, 1.807) is 12.3 Å². The van der Waals surface area contributed by atoms with E-state index in [0.717, 1.165) is 41.5 Å². The molecule has 1 aromatic heterocycles.